The van der Waals surface area contributed by atoms with Gasteiger partial charge >= 0.3 is 5.97 Å². The first-order valence-corrected chi connectivity index (χ1v) is 9.31. The van der Waals surface area contributed by atoms with Gasteiger partial charge in [-0.1, -0.05) is 20.3 Å². The SMILES string of the molecule is CCC1CCC(NS(=O)(=O)c2scnc2C(=O)OC)C1C. The van der Waals surface area contributed by atoms with Crippen molar-refractivity contribution in [2.45, 2.75) is 43.4 Å². The number of rotatable bonds is 5. The lowest BCUT2D eigenvalue weighted by atomic mass is 9.94. The number of esters is 1. The van der Waals surface area contributed by atoms with Crippen LogP contribution in [-0.4, -0.2) is 32.5 Å². The average molecular weight is 332 g/mol. The molecule has 1 aliphatic carbocycles. The number of hydrogen-bond donors (Lipinski definition) is 1. The molecule has 1 fully saturated rings. The third-order valence-electron chi connectivity index (χ3n) is 4.22. The first kappa shape index (κ1) is 16.4. The summed E-state index contributed by atoms with van der Waals surface area (Å²) in [5, 5.41) is 0. The van der Waals surface area contributed by atoms with Gasteiger partial charge in [0.15, 0.2) is 9.90 Å². The zero-order chi connectivity index (χ0) is 15.6. The van der Waals surface area contributed by atoms with Crippen LogP contribution in [-0.2, 0) is 14.8 Å². The summed E-state index contributed by atoms with van der Waals surface area (Å²) in [7, 11) is -2.54. The maximum atomic E-state index is 12.5. The number of sulfonamides is 1. The summed E-state index contributed by atoms with van der Waals surface area (Å²) in [4.78, 5) is 15.4. The molecule has 1 N–H and O–H groups in total. The molecule has 0 radical (unpaired) electrons. The fraction of sp³-hybridized carbons (Fsp3) is 0.692. The van der Waals surface area contributed by atoms with Crippen LogP contribution in [0.3, 0.4) is 0 Å². The highest BCUT2D eigenvalue weighted by Gasteiger charge is 2.36. The summed E-state index contributed by atoms with van der Waals surface area (Å²) in [5.74, 6) is 0.0982. The van der Waals surface area contributed by atoms with E-state index in [-0.39, 0.29) is 15.9 Å². The van der Waals surface area contributed by atoms with E-state index in [2.05, 4.69) is 28.3 Å². The van der Waals surface area contributed by atoms with Crippen molar-refractivity contribution in [3.8, 4) is 0 Å². The first-order valence-electron chi connectivity index (χ1n) is 6.94. The molecule has 3 unspecified atom stereocenters. The molecule has 1 aromatic rings. The van der Waals surface area contributed by atoms with Crippen LogP contribution < -0.4 is 4.72 Å². The molecule has 0 aliphatic heterocycles. The highest BCUT2D eigenvalue weighted by atomic mass is 32.2. The summed E-state index contributed by atoms with van der Waals surface area (Å²) < 4.78 is 32.2. The molecule has 0 spiro atoms. The molecule has 21 heavy (non-hydrogen) atoms. The topological polar surface area (TPSA) is 85.4 Å². The van der Waals surface area contributed by atoms with Gasteiger partial charge in [0.2, 0.25) is 0 Å². The van der Waals surface area contributed by atoms with Gasteiger partial charge in [0.1, 0.15) is 0 Å². The normalized spacial score (nSPS) is 26.0. The fourth-order valence-electron chi connectivity index (χ4n) is 2.90. The van der Waals surface area contributed by atoms with Gasteiger partial charge in [-0.2, -0.15) is 0 Å². The van der Waals surface area contributed by atoms with Gasteiger partial charge in [0.25, 0.3) is 10.0 Å². The van der Waals surface area contributed by atoms with Gasteiger partial charge < -0.3 is 4.74 Å². The van der Waals surface area contributed by atoms with Crippen molar-refractivity contribution in [3.05, 3.63) is 11.2 Å². The lowest BCUT2D eigenvalue weighted by Gasteiger charge is -2.20. The van der Waals surface area contributed by atoms with Gasteiger partial charge in [0, 0.05) is 6.04 Å². The Morgan fingerprint density at radius 3 is 2.81 bits per heavy atom. The van der Waals surface area contributed by atoms with Gasteiger partial charge in [-0.05, 0) is 24.7 Å². The van der Waals surface area contributed by atoms with Crippen LogP contribution in [0.2, 0.25) is 0 Å². The molecule has 0 saturated heterocycles. The molecule has 1 heterocycles. The van der Waals surface area contributed by atoms with Crippen LogP contribution in [0.1, 0.15) is 43.6 Å². The van der Waals surface area contributed by atoms with Crippen LogP contribution in [0, 0.1) is 11.8 Å². The fourth-order valence-corrected chi connectivity index (χ4v) is 5.41. The zero-order valence-electron chi connectivity index (χ0n) is 12.3. The third kappa shape index (κ3) is 3.27. The van der Waals surface area contributed by atoms with E-state index in [4.69, 9.17) is 0 Å². The molecule has 3 atom stereocenters. The number of aromatic nitrogens is 1. The van der Waals surface area contributed by atoms with Crippen molar-refractivity contribution in [1.29, 1.82) is 0 Å². The molecule has 0 amide bonds. The number of nitrogens with one attached hydrogen (secondary N) is 1. The predicted octanol–water partition coefficient (Wildman–Crippen LogP) is 2.03. The molecule has 118 valence electrons. The predicted molar refractivity (Wildman–Crippen MR) is 79.7 cm³/mol. The maximum absolute atomic E-state index is 12.5. The Morgan fingerprint density at radius 1 is 1.52 bits per heavy atom. The van der Waals surface area contributed by atoms with Crippen molar-refractivity contribution in [1.82, 2.24) is 9.71 Å². The zero-order valence-corrected chi connectivity index (χ0v) is 14.0. The number of carbonyl (C=O) groups excluding carboxylic acids is 1. The minimum atomic E-state index is -3.75. The Morgan fingerprint density at radius 2 is 2.24 bits per heavy atom. The smallest absolute Gasteiger partial charge is 0.358 e. The minimum Gasteiger partial charge on any atom is -0.464 e. The van der Waals surface area contributed by atoms with Crippen molar-refractivity contribution in [3.63, 3.8) is 0 Å². The van der Waals surface area contributed by atoms with E-state index in [1.807, 2.05) is 0 Å². The standard InChI is InChI=1S/C13H20N2O4S2/c1-4-9-5-6-10(8(9)2)15-21(17,18)13-11(12(16)19-3)14-7-20-13/h7-10,15H,4-6H2,1-3H3. The number of ether oxygens (including phenoxy) is 1. The summed E-state index contributed by atoms with van der Waals surface area (Å²) in [6, 6.07) is -0.0902. The van der Waals surface area contributed by atoms with Crippen LogP contribution >= 0.6 is 11.3 Å². The molecule has 2 rings (SSSR count). The molecule has 1 aliphatic rings. The van der Waals surface area contributed by atoms with Crippen LogP contribution in [0.4, 0.5) is 0 Å². The maximum Gasteiger partial charge on any atom is 0.358 e. The van der Waals surface area contributed by atoms with Crippen molar-refractivity contribution in [2.75, 3.05) is 7.11 Å². The van der Waals surface area contributed by atoms with Crippen LogP contribution in [0.25, 0.3) is 0 Å². The largest absolute Gasteiger partial charge is 0.464 e. The Bertz CT molecular complexity index is 611. The van der Waals surface area contributed by atoms with E-state index in [0.717, 1.165) is 30.6 Å². The number of methoxy groups -OCH3 is 1. The summed E-state index contributed by atoms with van der Waals surface area (Å²) in [5.41, 5.74) is 1.20. The summed E-state index contributed by atoms with van der Waals surface area (Å²) in [6.45, 7) is 4.19. The lowest BCUT2D eigenvalue weighted by Crippen LogP contribution is -2.37. The van der Waals surface area contributed by atoms with Crippen molar-refractivity contribution in [2.24, 2.45) is 11.8 Å². The molecular formula is C13H20N2O4S2. The van der Waals surface area contributed by atoms with Crippen molar-refractivity contribution < 1.29 is 17.9 Å². The molecule has 1 saturated carbocycles. The van der Waals surface area contributed by atoms with Crippen LogP contribution in [0.5, 0.6) is 0 Å². The van der Waals surface area contributed by atoms with E-state index >= 15 is 0 Å². The minimum absolute atomic E-state index is 0.0681. The Hall–Kier alpha value is -0.990. The van der Waals surface area contributed by atoms with E-state index in [1.54, 1.807) is 0 Å². The Balaban J connectivity index is 2.20. The summed E-state index contributed by atoms with van der Waals surface area (Å²) >= 11 is 0.929. The van der Waals surface area contributed by atoms with Crippen molar-refractivity contribution >= 4 is 27.3 Å². The van der Waals surface area contributed by atoms with Gasteiger partial charge in [-0.15, -0.1) is 11.3 Å². The summed E-state index contributed by atoms with van der Waals surface area (Å²) in [6.07, 6.45) is 2.90. The van der Waals surface area contributed by atoms with Gasteiger partial charge in [-0.25, -0.2) is 22.9 Å². The van der Waals surface area contributed by atoms with E-state index in [0.29, 0.717) is 11.8 Å². The van der Waals surface area contributed by atoms with E-state index < -0.39 is 16.0 Å². The molecule has 0 bridgehead atoms. The van der Waals surface area contributed by atoms with Gasteiger partial charge in [-0.3, -0.25) is 0 Å². The molecule has 6 nitrogen and oxygen atoms in total. The van der Waals surface area contributed by atoms with Gasteiger partial charge in [0.05, 0.1) is 12.6 Å². The average Bonchev–Trinajstić information content (AvgIpc) is 3.06. The monoisotopic (exact) mass is 332 g/mol. The second-order valence-electron chi connectivity index (χ2n) is 5.31. The highest BCUT2D eigenvalue weighted by Crippen LogP contribution is 2.35. The molecule has 1 aromatic heterocycles. The molecule has 0 aromatic carbocycles. The number of thiazole rings is 1. The van der Waals surface area contributed by atoms with E-state index in [9.17, 15) is 13.2 Å². The van der Waals surface area contributed by atoms with E-state index in [1.165, 1.54) is 12.6 Å². The Kier molecular flexibility index (Phi) is 5.00. The molecular weight excluding hydrogens is 312 g/mol. The second kappa shape index (κ2) is 6.41. The first-order chi connectivity index (χ1) is 9.90. The third-order valence-corrected chi connectivity index (χ3v) is 7.08. The quantitative estimate of drug-likeness (QED) is 0.834. The number of hydrogen-bond acceptors (Lipinski definition) is 6. The Labute approximate surface area is 129 Å². The van der Waals surface area contributed by atoms with Crippen LogP contribution in [0.15, 0.2) is 9.72 Å². The molecule has 8 heteroatoms. The highest BCUT2D eigenvalue weighted by molar-refractivity contribution is 7.91. The number of carbonyl (C=O) groups is 1. The number of nitrogens with zero attached hydrogens (tertiary/aromatic N) is 1. The second-order valence-corrected chi connectivity index (χ2v) is 8.08. The lowest BCUT2D eigenvalue weighted by molar-refractivity contribution is 0.0590.